The zero-order chi connectivity index (χ0) is 15.7. The summed E-state index contributed by atoms with van der Waals surface area (Å²) < 4.78 is 27.7. The number of aryl methyl sites for hydroxylation is 2. The van der Waals surface area contributed by atoms with E-state index in [0.717, 1.165) is 31.9 Å². The Morgan fingerprint density at radius 1 is 0.857 bits per heavy atom. The highest BCUT2D eigenvalue weighted by Crippen LogP contribution is 2.22. The van der Waals surface area contributed by atoms with Gasteiger partial charge in [0.15, 0.2) is 0 Å². The van der Waals surface area contributed by atoms with Crippen LogP contribution in [-0.2, 0) is 23.0 Å². The van der Waals surface area contributed by atoms with Crippen molar-refractivity contribution < 1.29 is 12.6 Å². The molecule has 0 fully saturated rings. The molecule has 120 valence electrons. The summed E-state index contributed by atoms with van der Waals surface area (Å²) in [6.45, 7) is 4.36. The van der Waals surface area contributed by atoms with Crippen LogP contribution < -0.4 is 4.18 Å². The molecular formula is C17H28O3S. The molecule has 0 aromatic heterocycles. The van der Waals surface area contributed by atoms with Crippen molar-refractivity contribution in [3.63, 3.8) is 0 Å². The minimum Gasteiger partial charge on any atom is -0.383 e. The zero-order valence-corrected chi connectivity index (χ0v) is 14.3. The molecule has 0 saturated carbocycles. The highest BCUT2D eigenvalue weighted by atomic mass is 32.2. The van der Waals surface area contributed by atoms with E-state index in [4.69, 9.17) is 4.18 Å². The fourth-order valence-corrected chi connectivity index (χ4v) is 2.84. The van der Waals surface area contributed by atoms with Gasteiger partial charge in [0.1, 0.15) is 5.75 Å². The van der Waals surface area contributed by atoms with E-state index in [2.05, 4.69) is 19.9 Å². The molecule has 0 bridgehead atoms. The molecule has 0 aliphatic rings. The van der Waals surface area contributed by atoms with Crippen LogP contribution in [-0.4, -0.2) is 14.7 Å². The molecule has 0 radical (unpaired) electrons. The Morgan fingerprint density at radius 2 is 1.33 bits per heavy atom. The minimum absolute atomic E-state index is 0.456. The molecule has 3 nitrogen and oxygen atoms in total. The SMILES string of the molecule is CCCCCc1cc(CCCCC)cc(OS(C)(=O)=O)c1. The number of unbranched alkanes of at least 4 members (excludes halogenated alkanes) is 4. The maximum Gasteiger partial charge on any atom is 0.306 e. The van der Waals surface area contributed by atoms with Gasteiger partial charge in [-0.1, -0.05) is 45.6 Å². The molecule has 4 heteroatoms. The van der Waals surface area contributed by atoms with Gasteiger partial charge in [-0.05, 0) is 48.9 Å². The Morgan fingerprint density at radius 3 is 1.71 bits per heavy atom. The number of benzene rings is 1. The van der Waals surface area contributed by atoms with Gasteiger partial charge >= 0.3 is 10.1 Å². The number of rotatable bonds is 10. The maximum absolute atomic E-state index is 11.3. The summed E-state index contributed by atoms with van der Waals surface area (Å²) in [5, 5.41) is 0. The van der Waals surface area contributed by atoms with E-state index in [-0.39, 0.29) is 0 Å². The first kappa shape index (κ1) is 18.0. The second-order valence-corrected chi connectivity index (χ2v) is 7.26. The summed E-state index contributed by atoms with van der Waals surface area (Å²) in [6, 6.07) is 5.92. The Bertz CT molecular complexity index is 493. The van der Waals surface area contributed by atoms with Crippen LogP contribution in [0.25, 0.3) is 0 Å². The van der Waals surface area contributed by atoms with Gasteiger partial charge in [0.25, 0.3) is 0 Å². The minimum atomic E-state index is -3.46. The van der Waals surface area contributed by atoms with Crippen molar-refractivity contribution in [1.82, 2.24) is 0 Å². The van der Waals surface area contributed by atoms with Crippen LogP contribution in [0.3, 0.4) is 0 Å². The molecule has 0 heterocycles. The van der Waals surface area contributed by atoms with Gasteiger partial charge in [-0.25, -0.2) is 0 Å². The van der Waals surface area contributed by atoms with E-state index in [1.165, 1.54) is 36.8 Å². The monoisotopic (exact) mass is 312 g/mol. The summed E-state index contributed by atoms with van der Waals surface area (Å²) >= 11 is 0. The van der Waals surface area contributed by atoms with E-state index < -0.39 is 10.1 Å². The molecule has 0 N–H and O–H groups in total. The van der Waals surface area contributed by atoms with E-state index in [0.29, 0.717) is 5.75 Å². The van der Waals surface area contributed by atoms with Crippen LogP contribution in [0.5, 0.6) is 5.75 Å². The Balaban J connectivity index is 2.84. The molecule has 1 aromatic rings. The van der Waals surface area contributed by atoms with Gasteiger partial charge in [0, 0.05) is 0 Å². The van der Waals surface area contributed by atoms with Gasteiger partial charge < -0.3 is 4.18 Å². The third-order valence-electron chi connectivity index (χ3n) is 3.41. The highest BCUT2D eigenvalue weighted by Gasteiger charge is 2.08. The van der Waals surface area contributed by atoms with E-state index >= 15 is 0 Å². The molecule has 0 atom stereocenters. The lowest BCUT2D eigenvalue weighted by Crippen LogP contribution is -2.06. The van der Waals surface area contributed by atoms with Crippen molar-refractivity contribution in [2.24, 2.45) is 0 Å². The maximum atomic E-state index is 11.3. The van der Waals surface area contributed by atoms with Crippen molar-refractivity contribution in [3.8, 4) is 5.75 Å². The second kappa shape index (κ2) is 9.08. The fraction of sp³-hybridized carbons (Fsp3) is 0.647. The van der Waals surface area contributed by atoms with Gasteiger partial charge in [0.05, 0.1) is 6.26 Å². The highest BCUT2D eigenvalue weighted by molar-refractivity contribution is 7.86. The predicted octanol–water partition coefficient (Wildman–Crippen LogP) is 4.49. The summed E-state index contributed by atoms with van der Waals surface area (Å²) in [6.07, 6.45) is 10.1. The van der Waals surface area contributed by atoms with E-state index in [9.17, 15) is 8.42 Å². The van der Waals surface area contributed by atoms with Gasteiger partial charge in [-0.15, -0.1) is 0 Å². The van der Waals surface area contributed by atoms with Crippen molar-refractivity contribution in [3.05, 3.63) is 29.3 Å². The summed E-state index contributed by atoms with van der Waals surface area (Å²) in [4.78, 5) is 0. The standard InChI is InChI=1S/C17H28O3S/c1-4-6-8-10-15-12-16(11-9-7-5-2)14-17(13-15)20-21(3,18)19/h12-14H,4-11H2,1-3H3. The van der Waals surface area contributed by atoms with Crippen molar-refractivity contribution in [2.45, 2.75) is 65.2 Å². The lowest BCUT2D eigenvalue weighted by atomic mass is 10.0. The van der Waals surface area contributed by atoms with Gasteiger partial charge in [-0.2, -0.15) is 8.42 Å². The predicted molar refractivity (Wildman–Crippen MR) is 88.4 cm³/mol. The Labute approximate surface area is 129 Å². The van der Waals surface area contributed by atoms with Crippen LogP contribution >= 0.6 is 0 Å². The summed E-state index contributed by atoms with van der Waals surface area (Å²) in [5.41, 5.74) is 2.35. The van der Waals surface area contributed by atoms with Crippen LogP contribution in [0.4, 0.5) is 0 Å². The lowest BCUT2D eigenvalue weighted by Gasteiger charge is -2.10. The van der Waals surface area contributed by atoms with Crippen LogP contribution in [0.2, 0.25) is 0 Å². The second-order valence-electron chi connectivity index (χ2n) is 5.69. The largest absolute Gasteiger partial charge is 0.383 e. The van der Waals surface area contributed by atoms with Crippen molar-refractivity contribution in [2.75, 3.05) is 6.26 Å². The number of hydrogen-bond acceptors (Lipinski definition) is 3. The zero-order valence-electron chi connectivity index (χ0n) is 13.5. The number of hydrogen-bond donors (Lipinski definition) is 0. The smallest absolute Gasteiger partial charge is 0.306 e. The molecule has 21 heavy (non-hydrogen) atoms. The third-order valence-corrected chi connectivity index (χ3v) is 3.91. The molecule has 0 aliphatic heterocycles. The van der Waals surface area contributed by atoms with Crippen molar-refractivity contribution in [1.29, 1.82) is 0 Å². The molecule has 1 aromatic carbocycles. The molecular weight excluding hydrogens is 284 g/mol. The summed E-state index contributed by atoms with van der Waals surface area (Å²) in [5.74, 6) is 0.456. The first-order valence-electron chi connectivity index (χ1n) is 7.97. The molecule has 0 saturated heterocycles. The molecule has 0 amide bonds. The first-order chi connectivity index (χ1) is 9.94. The lowest BCUT2D eigenvalue weighted by molar-refractivity contribution is 0.492. The van der Waals surface area contributed by atoms with Gasteiger partial charge in [0.2, 0.25) is 0 Å². The average Bonchev–Trinajstić information content (AvgIpc) is 2.37. The fourth-order valence-electron chi connectivity index (χ4n) is 2.40. The van der Waals surface area contributed by atoms with Crippen molar-refractivity contribution >= 4 is 10.1 Å². The van der Waals surface area contributed by atoms with Crippen LogP contribution in [0.15, 0.2) is 18.2 Å². The molecule has 0 spiro atoms. The Kier molecular flexibility index (Phi) is 7.79. The average molecular weight is 312 g/mol. The topological polar surface area (TPSA) is 43.4 Å². The van der Waals surface area contributed by atoms with Crippen LogP contribution in [0, 0.1) is 0 Å². The quantitative estimate of drug-likeness (QED) is 0.472. The van der Waals surface area contributed by atoms with Crippen LogP contribution in [0.1, 0.15) is 63.5 Å². The first-order valence-corrected chi connectivity index (χ1v) is 9.78. The molecule has 0 aliphatic carbocycles. The third kappa shape index (κ3) is 8.10. The van der Waals surface area contributed by atoms with E-state index in [1.807, 2.05) is 12.1 Å². The van der Waals surface area contributed by atoms with Gasteiger partial charge in [-0.3, -0.25) is 0 Å². The summed E-state index contributed by atoms with van der Waals surface area (Å²) in [7, 11) is -3.46. The molecule has 1 rings (SSSR count). The van der Waals surface area contributed by atoms with E-state index in [1.54, 1.807) is 0 Å². The Hall–Kier alpha value is -1.03. The molecule has 0 unspecified atom stereocenters. The normalized spacial score (nSPS) is 11.6.